The normalized spacial score (nSPS) is 11.2. The number of hydrogen-bond acceptors (Lipinski definition) is 4. The van der Waals surface area contributed by atoms with E-state index in [9.17, 15) is 4.79 Å². The molecule has 0 fully saturated rings. The van der Waals surface area contributed by atoms with Crippen LogP contribution in [0.1, 0.15) is 16.7 Å². The Kier molecular flexibility index (Phi) is 5.40. The number of aromatic nitrogens is 2. The lowest BCUT2D eigenvalue weighted by Crippen LogP contribution is -2.22. The Hall–Kier alpha value is -3.44. The second-order valence-corrected chi connectivity index (χ2v) is 7.07. The van der Waals surface area contributed by atoms with Crippen molar-refractivity contribution < 1.29 is 0 Å². The summed E-state index contributed by atoms with van der Waals surface area (Å²) in [4.78, 5) is 22.3. The molecule has 6 heteroatoms. The zero-order valence-corrected chi connectivity index (χ0v) is 16.6. The molecule has 0 radical (unpaired) electrons. The fourth-order valence-electron chi connectivity index (χ4n) is 2.98. The molecule has 2 aromatic heterocycles. The van der Waals surface area contributed by atoms with E-state index < -0.39 is 0 Å². The third-order valence-electron chi connectivity index (χ3n) is 4.49. The third kappa shape index (κ3) is 4.20. The van der Waals surface area contributed by atoms with Gasteiger partial charge in [-0.2, -0.15) is 0 Å². The Morgan fingerprint density at radius 2 is 1.83 bits per heavy atom. The van der Waals surface area contributed by atoms with Crippen LogP contribution in [0.15, 0.2) is 82.7 Å². The van der Waals surface area contributed by atoms with Gasteiger partial charge in [-0.25, -0.2) is 4.98 Å². The SMILES string of the molecule is Cc1ccc2nc(NCc3ccccc3)c(C=Nc3ccccc3Cl)c(=O)n2c1. The Labute approximate surface area is 173 Å². The van der Waals surface area contributed by atoms with Crippen LogP contribution in [0.25, 0.3) is 5.65 Å². The predicted octanol–water partition coefficient (Wildman–Crippen LogP) is 5.02. The number of fused-ring (bicyclic) bond motifs is 1. The Morgan fingerprint density at radius 3 is 2.62 bits per heavy atom. The molecule has 0 bridgehead atoms. The summed E-state index contributed by atoms with van der Waals surface area (Å²) in [6.07, 6.45) is 3.30. The number of pyridine rings is 1. The van der Waals surface area contributed by atoms with Crippen LogP contribution in [0, 0.1) is 6.92 Å². The van der Waals surface area contributed by atoms with Crippen LogP contribution in [0.5, 0.6) is 0 Å². The number of rotatable bonds is 5. The summed E-state index contributed by atoms with van der Waals surface area (Å²) in [5.41, 5.74) is 3.42. The molecule has 0 amide bonds. The van der Waals surface area contributed by atoms with E-state index in [-0.39, 0.29) is 5.56 Å². The molecule has 2 heterocycles. The van der Waals surface area contributed by atoms with Gasteiger partial charge in [0.15, 0.2) is 0 Å². The molecular formula is C23H19ClN4O. The Balaban J connectivity index is 1.79. The van der Waals surface area contributed by atoms with E-state index in [1.807, 2.05) is 61.5 Å². The highest BCUT2D eigenvalue weighted by Gasteiger charge is 2.12. The molecule has 144 valence electrons. The van der Waals surface area contributed by atoms with Crippen LogP contribution in [0.3, 0.4) is 0 Å². The molecule has 4 rings (SSSR count). The summed E-state index contributed by atoms with van der Waals surface area (Å²) >= 11 is 6.20. The zero-order valence-electron chi connectivity index (χ0n) is 15.8. The topological polar surface area (TPSA) is 58.8 Å². The number of benzene rings is 2. The van der Waals surface area contributed by atoms with Gasteiger partial charge in [0.05, 0.1) is 10.7 Å². The maximum Gasteiger partial charge on any atom is 0.268 e. The fourth-order valence-corrected chi connectivity index (χ4v) is 3.17. The standard InChI is InChI=1S/C23H19ClN4O/c1-16-11-12-21-27-22(26-13-17-7-3-2-4-8-17)18(23(29)28(21)15-16)14-25-20-10-6-5-9-19(20)24/h2-12,14-15,26H,13H2,1H3. The summed E-state index contributed by atoms with van der Waals surface area (Å²) in [6, 6.07) is 21.0. The highest BCUT2D eigenvalue weighted by Crippen LogP contribution is 2.23. The summed E-state index contributed by atoms with van der Waals surface area (Å²) in [5, 5.41) is 3.80. The van der Waals surface area contributed by atoms with Gasteiger partial charge in [-0.15, -0.1) is 0 Å². The second kappa shape index (κ2) is 8.29. The van der Waals surface area contributed by atoms with Crippen molar-refractivity contribution in [3.63, 3.8) is 0 Å². The van der Waals surface area contributed by atoms with Crippen molar-refractivity contribution in [3.05, 3.63) is 105 Å². The molecule has 4 aromatic rings. The average molecular weight is 403 g/mol. The third-order valence-corrected chi connectivity index (χ3v) is 4.81. The van der Waals surface area contributed by atoms with Crippen molar-refractivity contribution in [1.82, 2.24) is 9.38 Å². The van der Waals surface area contributed by atoms with Crippen LogP contribution in [-0.4, -0.2) is 15.6 Å². The molecule has 0 spiro atoms. The van der Waals surface area contributed by atoms with Gasteiger partial charge >= 0.3 is 0 Å². The van der Waals surface area contributed by atoms with Crippen LogP contribution >= 0.6 is 11.6 Å². The van der Waals surface area contributed by atoms with Gasteiger partial charge in [-0.05, 0) is 36.2 Å². The largest absolute Gasteiger partial charge is 0.365 e. The monoisotopic (exact) mass is 402 g/mol. The smallest absolute Gasteiger partial charge is 0.268 e. The van der Waals surface area contributed by atoms with Crippen molar-refractivity contribution in [2.75, 3.05) is 5.32 Å². The first-order chi connectivity index (χ1) is 14.1. The minimum atomic E-state index is -0.190. The van der Waals surface area contributed by atoms with Gasteiger partial charge < -0.3 is 5.32 Å². The lowest BCUT2D eigenvalue weighted by molar-refractivity contribution is 1.01. The van der Waals surface area contributed by atoms with Gasteiger partial charge in [-0.3, -0.25) is 14.2 Å². The van der Waals surface area contributed by atoms with E-state index in [4.69, 9.17) is 11.6 Å². The first-order valence-corrected chi connectivity index (χ1v) is 9.59. The molecule has 0 aliphatic rings. The number of aliphatic imine (C=N–C) groups is 1. The molecule has 1 N–H and O–H groups in total. The first kappa shape index (κ1) is 18.9. The van der Waals surface area contributed by atoms with Crippen LogP contribution < -0.4 is 10.9 Å². The van der Waals surface area contributed by atoms with E-state index in [1.54, 1.807) is 18.3 Å². The molecule has 0 aliphatic carbocycles. The van der Waals surface area contributed by atoms with Crippen molar-refractivity contribution in [2.24, 2.45) is 4.99 Å². The second-order valence-electron chi connectivity index (χ2n) is 6.66. The lowest BCUT2D eigenvalue weighted by Gasteiger charge is -2.11. The van der Waals surface area contributed by atoms with Crippen molar-refractivity contribution >= 4 is 35.0 Å². The minimum absolute atomic E-state index is 0.190. The van der Waals surface area contributed by atoms with Crippen LogP contribution in [0.4, 0.5) is 11.5 Å². The van der Waals surface area contributed by atoms with E-state index in [0.29, 0.717) is 34.3 Å². The van der Waals surface area contributed by atoms with E-state index in [1.165, 1.54) is 10.6 Å². The maximum absolute atomic E-state index is 13.2. The van der Waals surface area contributed by atoms with Crippen molar-refractivity contribution in [1.29, 1.82) is 0 Å². The highest BCUT2D eigenvalue weighted by atomic mass is 35.5. The van der Waals surface area contributed by atoms with Crippen molar-refractivity contribution in [3.8, 4) is 0 Å². The predicted molar refractivity (Wildman–Crippen MR) is 119 cm³/mol. The number of hydrogen-bond donors (Lipinski definition) is 1. The zero-order chi connectivity index (χ0) is 20.2. The summed E-state index contributed by atoms with van der Waals surface area (Å²) in [5.74, 6) is 0.485. The number of aryl methyl sites for hydroxylation is 1. The molecular weight excluding hydrogens is 384 g/mol. The van der Waals surface area contributed by atoms with Crippen LogP contribution in [-0.2, 0) is 6.54 Å². The van der Waals surface area contributed by atoms with E-state index in [0.717, 1.165) is 11.1 Å². The molecule has 2 aromatic carbocycles. The number of anilines is 1. The molecule has 0 atom stereocenters. The van der Waals surface area contributed by atoms with Gasteiger partial charge in [-0.1, -0.05) is 60.1 Å². The lowest BCUT2D eigenvalue weighted by atomic mass is 10.2. The van der Waals surface area contributed by atoms with E-state index >= 15 is 0 Å². The van der Waals surface area contributed by atoms with E-state index in [2.05, 4.69) is 15.3 Å². The maximum atomic E-state index is 13.2. The molecule has 29 heavy (non-hydrogen) atoms. The quantitative estimate of drug-likeness (QED) is 0.477. The fraction of sp³-hybridized carbons (Fsp3) is 0.0870. The summed E-state index contributed by atoms with van der Waals surface area (Å²) in [7, 11) is 0. The molecule has 0 saturated carbocycles. The number of nitrogens with one attached hydrogen (secondary N) is 1. The number of para-hydroxylation sites is 1. The van der Waals surface area contributed by atoms with Gasteiger partial charge in [0.25, 0.3) is 5.56 Å². The van der Waals surface area contributed by atoms with Gasteiger partial charge in [0.1, 0.15) is 17.0 Å². The minimum Gasteiger partial charge on any atom is -0.365 e. The number of nitrogens with zero attached hydrogens (tertiary/aromatic N) is 3. The highest BCUT2D eigenvalue weighted by molar-refractivity contribution is 6.33. The molecule has 0 saturated heterocycles. The Morgan fingerprint density at radius 1 is 1.07 bits per heavy atom. The first-order valence-electron chi connectivity index (χ1n) is 9.21. The Bertz CT molecular complexity index is 1250. The van der Waals surface area contributed by atoms with Crippen molar-refractivity contribution in [2.45, 2.75) is 13.5 Å². The van der Waals surface area contributed by atoms with Gasteiger partial charge in [0, 0.05) is 19.0 Å². The summed E-state index contributed by atoms with van der Waals surface area (Å²) < 4.78 is 1.54. The average Bonchev–Trinajstić information content (AvgIpc) is 2.74. The number of halogens is 1. The molecule has 0 unspecified atom stereocenters. The van der Waals surface area contributed by atoms with Gasteiger partial charge in [0.2, 0.25) is 0 Å². The van der Waals surface area contributed by atoms with Crippen LogP contribution in [0.2, 0.25) is 5.02 Å². The molecule has 5 nitrogen and oxygen atoms in total. The summed E-state index contributed by atoms with van der Waals surface area (Å²) in [6.45, 7) is 2.48. The molecule has 0 aliphatic heterocycles.